The number of para-hydroxylation sites is 1. The van der Waals surface area contributed by atoms with Crippen molar-refractivity contribution in [3.63, 3.8) is 0 Å². The summed E-state index contributed by atoms with van der Waals surface area (Å²) >= 11 is 0. The minimum atomic E-state index is -0.412. The van der Waals surface area contributed by atoms with Gasteiger partial charge in [-0.15, -0.1) is 0 Å². The lowest BCUT2D eigenvalue weighted by molar-refractivity contribution is -0.117. The SMILES string of the molecule is Cc1c(/C=C(/C#N)C(=O)N[C@H](C)c2ccccc2)c2ccccc2n1Cc1ccccc1C#N. The number of nitriles is 2. The highest BCUT2D eigenvalue weighted by Crippen LogP contribution is 2.29. The molecule has 4 aromatic rings. The van der Waals surface area contributed by atoms with Crippen molar-refractivity contribution in [1.29, 1.82) is 10.5 Å². The van der Waals surface area contributed by atoms with Crippen molar-refractivity contribution in [2.75, 3.05) is 0 Å². The van der Waals surface area contributed by atoms with Gasteiger partial charge in [0, 0.05) is 28.7 Å². The maximum Gasteiger partial charge on any atom is 0.262 e. The standard InChI is InChI=1S/C29H24N4O/c1-20(22-10-4-3-5-11-22)32-29(34)25(18-31)16-27-21(2)33(28-15-9-8-14-26(27)28)19-24-13-7-6-12-23(24)17-30/h3-16,20H,19H2,1-2H3,(H,32,34)/b25-16-/t20-/m1/s1. The number of hydrogen-bond acceptors (Lipinski definition) is 3. The fourth-order valence-corrected chi connectivity index (χ4v) is 4.17. The number of hydrogen-bond donors (Lipinski definition) is 1. The summed E-state index contributed by atoms with van der Waals surface area (Å²) in [6.07, 6.45) is 1.66. The van der Waals surface area contributed by atoms with E-state index in [1.165, 1.54) is 0 Å². The minimum Gasteiger partial charge on any atom is -0.345 e. The first-order chi connectivity index (χ1) is 16.5. The summed E-state index contributed by atoms with van der Waals surface area (Å²) in [5, 5.41) is 23.2. The van der Waals surface area contributed by atoms with Gasteiger partial charge in [-0.25, -0.2) is 0 Å². The number of benzene rings is 3. The zero-order chi connectivity index (χ0) is 24.1. The van der Waals surface area contributed by atoms with Gasteiger partial charge in [-0.05, 0) is 43.2 Å². The number of carbonyl (C=O) groups is 1. The molecule has 0 aliphatic heterocycles. The number of aromatic nitrogens is 1. The highest BCUT2D eigenvalue weighted by Gasteiger charge is 2.18. The van der Waals surface area contributed by atoms with Crippen LogP contribution >= 0.6 is 0 Å². The summed E-state index contributed by atoms with van der Waals surface area (Å²) in [6, 6.07) is 29.2. The summed E-state index contributed by atoms with van der Waals surface area (Å²) < 4.78 is 2.12. The molecule has 1 atom stereocenters. The van der Waals surface area contributed by atoms with Crippen molar-refractivity contribution in [2.24, 2.45) is 0 Å². The fourth-order valence-electron chi connectivity index (χ4n) is 4.17. The molecule has 166 valence electrons. The lowest BCUT2D eigenvalue weighted by atomic mass is 10.1. The van der Waals surface area contributed by atoms with Crippen LogP contribution in [0.2, 0.25) is 0 Å². The Balaban J connectivity index is 1.72. The van der Waals surface area contributed by atoms with Gasteiger partial charge in [0.1, 0.15) is 11.6 Å². The third-order valence-electron chi connectivity index (χ3n) is 6.05. The molecule has 5 heteroatoms. The Labute approximate surface area is 199 Å². The van der Waals surface area contributed by atoms with Gasteiger partial charge in [-0.3, -0.25) is 4.79 Å². The molecule has 0 bridgehead atoms. The zero-order valence-corrected chi connectivity index (χ0v) is 19.1. The Kier molecular flexibility index (Phi) is 6.57. The Morgan fingerprint density at radius 2 is 1.68 bits per heavy atom. The second-order valence-electron chi connectivity index (χ2n) is 8.15. The molecule has 0 fully saturated rings. The lowest BCUT2D eigenvalue weighted by Crippen LogP contribution is -2.27. The first kappa shape index (κ1) is 22.6. The van der Waals surface area contributed by atoms with Crippen LogP contribution in [0.4, 0.5) is 0 Å². The quantitative estimate of drug-likeness (QED) is 0.308. The van der Waals surface area contributed by atoms with Crippen LogP contribution in [0, 0.1) is 29.6 Å². The van der Waals surface area contributed by atoms with Crippen LogP contribution in [-0.2, 0) is 11.3 Å². The summed E-state index contributed by atoms with van der Waals surface area (Å²) in [5.74, 6) is -0.412. The smallest absolute Gasteiger partial charge is 0.262 e. The molecule has 0 saturated heterocycles. The van der Waals surface area contributed by atoms with Gasteiger partial charge in [0.25, 0.3) is 5.91 Å². The van der Waals surface area contributed by atoms with E-state index in [2.05, 4.69) is 22.0 Å². The van der Waals surface area contributed by atoms with Gasteiger partial charge in [0.15, 0.2) is 0 Å². The molecule has 1 aromatic heterocycles. The molecule has 0 aliphatic rings. The first-order valence-corrected chi connectivity index (χ1v) is 11.1. The first-order valence-electron chi connectivity index (χ1n) is 11.1. The summed E-state index contributed by atoms with van der Waals surface area (Å²) in [6.45, 7) is 4.38. The number of rotatable bonds is 6. The third kappa shape index (κ3) is 4.46. The second kappa shape index (κ2) is 9.90. The number of nitrogens with one attached hydrogen (secondary N) is 1. The molecule has 0 spiro atoms. The van der Waals surface area contributed by atoms with Gasteiger partial charge in [-0.2, -0.15) is 10.5 Å². The van der Waals surface area contributed by atoms with E-state index < -0.39 is 5.91 Å². The van der Waals surface area contributed by atoms with E-state index in [0.717, 1.165) is 33.3 Å². The molecule has 34 heavy (non-hydrogen) atoms. The predicted octanol–water partition coefficient (Wildman–Crippen LogP) is 5.65. The number of nitrogens with zero attached hydrogens (tertiary/aromatic N) is 3. The number of carbonyl (C=O) groups excluding carboxylic acids is 1. The van der Waals surface area contributed by atoms with E-state index in [0.29, 0.717) is 12.1 Å². The normalized spacial score (nSPS) is 12.1. The van der Waals surface area contributed by atoms with Crippen molar-refractivity contribution < 1.29 is 4.79 Å². The molecule has 0 unspecified atom stereocenters. The Morgan fingerprint density at radius 3 is 2.41 bits per heavy atom. The van der Waals surface area contributed by atoms with Crippen molar-refractivity contribution in [2.45, 2.75) is 26.4 Å². The molecule has 4 rings (SSSR count). The van der Waals surface area contributed by atoms with Crippen LogP contribution in [0.5, 0.6) is 0 Å². The van der Waals surface area contributed by atoms with E-state index in [1.807, 2.05) is 92.7 Å². The number of amides is 1. The second-order valence-corrected chi connectivity index (χ2v) is 8.15. The topological polar surface area (TPSA) is 81.6 Å². The van der Waals surface area contributed by atoms with Gasteiger partial charge in [0.2, 0.25) is 0 Å². The van der Waals surface area contributed by atoms with Crippen LogP contribution in [-0.4, -0.2) is 10.5 Å². The maximum absolute atomic E-state index is 12.9. The highest BCUT2D eigenvalue weighted by molar-refractivity contribution is 6.04. The Hall–Kier alpha value is -4.61. The Morgan fingerprint density at radius 1 is 1.00 bits per heavy atom. The molecule has 1 N–H and O–H groups in total. The van der Waals surface area contributed by atoms with E-state index in [-0.39, 0.29) is 11.6 Å². The van der Waals surface area contributed by atoms with Crippen molar-refractivity contribution in [3.05, 3.63) is 112 Å². The Bertz CT molecular complexity index is 1470. The van der Waals surface area contributed by atoms with Crippen molar-refractivity contribution in [3.8, 4) is 12.1 Å². The maximum atomic E-state index is 12.9. The molecular formula is C29H24N4O. The number of fused-ring (bicyclic) bond motifs is 1. The fraction of sp³-hybridized carbons (Fsp3) is 0.138. The third-order valence-corrected chi connectivity index (χ3v) is 6.05. The zero-order valence-electron chi connectivity index (χ0n) is 19.1. The van der Waals surface area contributed by atoms with Crippen LogP contribution in [0.1, 0.15) is 40.9 Å². The van der Waals surface area contributed by atoms with E-state index in [1.54, 1.807) is 6.08 Å². The molecule has 1 heterocycles. The molecule has 0 radical (unpaired) electrons. The van der Waals surface area contributed by atoms with Gasteiger partial charge in [-0.1, -0.05) is 66.7 Å². The van der Waals surface area contributed by atoms with Gasteiger partial charge >= 0.3 is 0 Å². The minimum absolute atomic E-state index is 0.0474. The summed E-state index contributed by atoms with van der Waals surface area (Å²) in [7, 11) is 0. The molecule has 0 saturated carbocycles. The predicted molar refractivity (Wildman–Crippen MR) is 134 cm³/mol. The van der Waals surface area contributed by atoms with Crippen LogP contribution in [0.25, 0.3) is 17.0 Å². The molecule has 5 nitrogen and oxygen atoms in total. The lowest BCUT2D eigenvalue weighted by Gasteiger charge is -2.14. The molecule has 0 aliphatic carbocycles. The molecule has 3 aromatic carbocycles. The van der Waals surface area contributed by atoms with Crippen LogP contribution in [0.3, 0.4) is 0 Å². The monoisotopic (exact) mass is 444 g/mol. The largest absolute Gasteiger partial charge is 0.345 e. The summed E-state index contributed by atoms with van der Waals surface area (Å²) in [5.41, 5.74) is 5.29. The van der Waals surface area contributed by atoms with E-state index >= 15 is 0 Å². The van der Waals surface area contributed by atoms with Gasteiger partial charge < -0.3 is 9.88 Å². The average molecular weight is 445 g/mol. The van der Waals surface area contributed by atoms with Crippen molar-refractivity contribution in [1.82, 2.24) is 9.88 Å². The van der Waals surface area contributed by atoms with Crippen molar-refractivity contribution >= 4 is 22.9 Å². The van der Waals surface area contributed by atoms with E-state index in [9.17, 15) is 15.3 Å². The van der Waals surface area contributed by atoms with Gasteiger partial charge in [0.05, 0.1) is 17.7 Å². The van der Waals surface area contributed by atoms with Crippen LogP contribution < -0.4 is 5.32 Å². The van der Waals surface area contributed by atoms with Crippen LogP contribution in [0.15, 0.2) is 84.4 Å². The molecule has 1 amide bonds. The highest BCUT2D eigenvalue weighted by atomic mass is 16.1. The summed E-state index contributed by atoms with van der Waals surface area (Å²) in [4.78, 5) is 12.9. The average Bonchev–Trinajstić information content (AvgIpc) is 3.13. The molecular weight excluding hydrogens is 420 g/mol. The van der Waals surface area contributed by atoms with E-state index in [4.69, 9.17) is 0 Å².